The number of nitrogens with zero attached hydrogens (tertiary/aromatic N) is 2. The molecule has 2 heterocycles. The van der Waals surface area contributed by atoms with Gasteiger partial charge in [-0.3, -0.25) is 15.0 Å². The third-order valence-corrected chi connectivity index (χ3v) is 6.12. The number of aromatic nitrogens is 1. The third kappa shape index (κ3) is 5.28. The number of anilines is 2. The molecule has 8 heteroatoms. The first-order valence-electron chi connectivity index (χ1n) is 10.7. The summed E-state index contributed by atoms with van der Waals surface area (Å²) in [7, 11) is 0. The summed E-state index contributed by atoms with van der Waals surface area (Å²) in [6, 6.07) is 17.6. The van der Waals surface area contributed by atoms with E-state index in [0.717, 1.165) is 29.4 Å². The molecule has 0 bridgehead atoms. The predicted molar refractivity (Wildman–Crippen MR) is 133 cm³/mol. The van der Waals surface area contributed by atoms with Gasteiger partial charge in [-0.25, -0.2) is 4.98 Å². The molecule has 33 heavy (non-hydrogen) atoms. The quantitative estimate of drug-likeness (QED) is 0.329. The van der Waals surface area contributed by atoms with Gasteiger partial charge >= 0.3 is 0 Å². The lowest BCUT2D eigenvalue weighted by atomic mass is 10.1. The Morgan fingerprint density at radius 1 is 1.00 bits per heavy atom. The Kier molecular flexibility index (Phi) is 6.84. The van der Waals surface area contributed by atoms with Crippen molar-refractivity contribution in [2.24, 2.45) is 0 Å². The number of para-hydroxylation sites is 1. The van der Waals surface area contributed by atoms with E-state index >= 15 is 0 Å². The molecule has 4 rings (SSSR count). The summed E-state index contributed by atoms with van der Waals surface area (Å²) in [5.74, 6) is 0.194. The molecule has 168 valence electrons. The average Bonchev–Trinajstić information content (AvgIpc) is 3.26. The smallest absolute Gasteiger partial charge is 0.258 e. The molecule has 1 fully saturated rings. The van der Waals surface area contributed by atoms with Gasteiger partial charge in [-0.05, 0) is 72.1 Å². The van der Waals surface area contributed by atoms with Crippen LogP contribution < -0.4 is 10.6 Å². The summed E-state index contributed by atoms with van der Waals surface area (Å²) in [6.45, 7) is 3.01. The van der Waals surface area contributed by atoms with Gasteiger partial charge < -0.3 is 15.5 Å². The highest BCUT2D eigenvalue weighted by molar-refractivity contribution is 9.10. The summed E-state index contributed by atoms with van der Waals surface area (Å²) in [6.07, 6.45) is 3.78. The molecule has 1 aliphatic rings. The minimum absolute atomic E-state index is 0.329. The largest absolute Gasteiger partial charge is 0.354 e. The summed E-state index contributed by atoms with van der Waals surface area (Å²) in [4.78, 5) is 31.9. The minimum Gasteiger partial charge on any atom is -0.354 e. The first kappa shape index (κ1) is 22.7. The van der Waals surface area contributed by atoms with Gasteiger partial charge in [0.05, 0.1) is 11.3 Å². The van der Waals surface area contributed by atoms with E-state index in [1.807, 2.05) is 0 Å². The van der Waals surface area contributed by atoms with Crippen molar-refractivity contribution < 1.29 is 9.59 Å². The number of halogens is 1. The number of amidine groups is 1. The van der Waals surface area contributed by atoms with E-state index < -0.39 is 0 Å². The number of hydrogen-bond acceptors (Lipinski definition) is 4. The average molecular weight is 506 g/mol. The molecule has 1 aromatic heterocycles. The molecule has 1 saturated heterocycles. The van der Waals surface area contributed by atoms with E-state index in [0.29, 0.717) is 34.5 Å². The number of likely N-dealkylation sites (tertiary alicyclic amines) is 1. The topological polar surface area (TPSA) is 98.2 Å². The van der Waals surface area contributed by atoms with Gasteiger partial charge in [-0.1, -0.05) is 24.3 Å². The maximum absolute atomic E-state index is 12.8. The van der Waals surface area contributed by atoms with Crippen molar-refractivity contribution in [3.63, 3.8) is 0 Å². The molecule has 1 unspecified atom stereocenters. The Balaban J connectivity index is 1.46. The van der Waals surface area contributed by atoms with Crippen molar-refractivity contribution >= 4 is 45.1 Å². The van der Waals surface area contributed by atoms with E-state index in [1.54, 1.807) is 66.9 Å². The van der Waals surface area contributed by atoms with Crippen LogP contribution in [0.2, 0.25) is 0 Å². The SMILES string of the molecule is CC1CCCN1C(=N)c1ccc(C(=O)Nc2ccccc2C(=O)Nc2ccc(Br)cn2)cc1. The zero-order valence-corrected chi connectivity index (χ0v) is 19.7. The highest BCUT2D eigenvalue weighted by Crippen LogP contribution is 2.21. The van der Waals surface area contributed by atoms with Gasteiger partial charge in [-0.15, -0.1) is 0 Å². The Labute approximate surface area is 200 Å². The van der Waals surface area contributed by atoms with Crippen molar-refractivity contribution in [1.82, 2.24) is 9.88 Å². The molecule has 2 amide bonds. The second-order valence-corrected chi connectivity index (χ2v) is 8.84. The standard InChI is InChI=1S/C25H24BrN5O2/c1-16-5-4-14-31(16)23(27)17-8-10-18(11-9-17)24(32)29-21-7-3-2-6-20(21)25(33)30-22-13-12-19(26)15-28-22/h2-3,6-13,15-16,27H,4-5,14H2,1H3,(H,29,32)(H,28,30,33). The van der Waals surface area contributed by atoms with E-state index in [9.17, 15) is 9.59 Å². The normalized spacial score (nSPS) is 15.2. The summed E-state index contributed by atoms with van der Waals surface area (Å²) in [5.41, 5.74) is 1.96. The molecule has 0 spiro atoms. The molecular weight excluding hydrogens is 482 g/mol. The molecular formula is C25H24BrN5O2. The Hall–Kier alpha value is -3.52. The zero-order chi connectivity index (χ0) is 23.4. The summed E-state index contributed by atoms with van der Waals surface area (Å²) >= 11 is 3.31. The number of amides is 2. The fourth-order valence-corrected chi connectivity index (χ4v) is 4.06. The Morgan fingerprint density at radius 3 is 2.39 bits per heavy atom. The molecule has 0 aliphatic carbocycles. The van der Waals surface area contributed by atoms with Crippen LogP contribution in [0.25, 0.3) is 0 Å². The molecule has 3 N–H and O–H groups in total. The van der Waals surface area contributed by atoms with Gasteiger partial charge in [0.2, 0.25) is 0 Å². The number of benzene rings is 2. The number of hydrogen-bond donors (Lipinski definition) is 3. The van der Waals surface area contributed by atoms with Crippen LogP contribution in [0.3, 0.4) is 0 Å². The number of rotatable bonds is 5. The molecule has 0 radical (unpaired) electrons. The van der Waals surface area contributed by atoms with E-state index in [-0.39, 0.29) is 11.8 Å². The molecule has 1 atom stereocenters. The Morgan fingerprint density at radius 2 is 1.73 bits per heavy atom. The maximum atomic E-state index is 12.8. The fraction of sp³-hybridized carbons (Fsp3) is 0.200. The first-order chi connectivity index (χ1) is 15.9. The summed E-state index contributed by atoms with van der Waals surface area (Å²) < 4.78 is 0.810. The molecule has 1 aliphatic heterocycles. The van der Waals surface area contributed by atoms with Crippen LogP contribution >= 0.6 is 15.9 Å². The predicted octanol–water partition coefficient (Wildman–Crippen LogP) is 5.16. The van der Waals surface area contributed by atoms with Gasteiger partial charge in [0, 0.05) is 34.4 Å². The van der Waals surface area contributed by atoms with Crippen molar-refractivity contribution in [3.8, 4) is 0 Å². The van der Waals surface area contributed by atoms with Gasteiger partial charge in [0.25, 0.3) is 11.8 Å². The molecule has 7 nitrogen and oxygen atoms in total. The maximum Gasteiger partial charge on any atom is 0.258 e. The molecule has 3 aromatic rings. The second kappa shape index (κ2) is 9.95. The Bertz CT molecular complexity index is 1180. The van der Waals surface area contributed by atoms with Gasteiger partial charge in [0.15, 0.2) is 0 Å². The van der Waals surface area contributed by atoms with Crippen molar-refractivity contribution in [2.75, 3.05) is 17.2 Å². The number of nitrogens with one attached hydrogen (secondary N) is 3. The van der Waals surface area contributed by atoms with Crippen molar-refractivity contribution in [3.05, 3.63) is 88.0 Å². The number of pyridine rings is 1. The van der Waals surface area contributed by atoms with Gasteiger partial charge in [-0.2, -0.15) is 0 Å². The zero-order valence-electron chi connectivity index (χ0n) is 18.1. The highest BCUT2D eigenvalue weighted by Gasteiger charge is 2.23. The van der Waals surface area contributed by atoms with Gasteiger partial charge in [0.1, 0.15) is 11.7 Å². The lowest BCUT2D eigenvalue weighted by molar-refractivity contribution is 0.102. The number of carbonyl (C=O) groups excluding carboxylic acids is 2. The van der Waals surface area contributed by atoms with Crippen LogP contribution in [0.5, 0.6) is 0 Å². The second-order valence-electron chi connectivity index (χ2n) is 7.93. The summed E-state index contributed by atoms with van der Waals surface area (Å²) in [5, 5.41) is 14.0. The van der Waals surface area contributed by atoms with Crippen molar-refractivity contribution in [1.29, 1.82) is 5.41 Å². The highest BCUT2D eigenvalue weighted by atomic mass is 79.9. The van der Waals surface area contributed by atoms with Crippen molar-refractivity contribution in [2.45, 2.75) is 25.8 Å². The van der Waals surface area contributed by atoms with Crippen LogP contribution in [0.15, 0.2) is 71.3 Å². The van der Waals surface area contributed by atoms with Crippen LogP contribution in [-0.2, 0) is 0 Å². The molecule has 0 saturated carbocycles. The lowest BCUT2D eigenvalue weighted by Crippen LogP contribution is -2.33. The lowest BCUT2D eigenvalue weighted by Gasteiger charge is -2.24. The number of carbonyl (C=O) groups is 2. The van der Waals surface area contributed by atoms with E-state index in [2.05, 4.69) is 43.4 Å². The van der Waals surface area contributed by atoms with Crippen LogP contribution in [0.4, 0.5) is 11.5 Å². The molecule has 2 aromatic carbocycles. The monoisotopic (exact) mass is 505 g/mol. The van der Waals surface area contributed by atoms with Crippen LogP contribution in [0, 0.1) is 5.41 Å². The van der Waals surface area contributed by atoms with E-state index in [1.165, 1.54) is 0 Å². The minimum atomic E-state index is -0.371. The van der Waals surface area contributed by atoms with Crippen LogP contribution in [-0.4, -0.2) is 40.1 Å². The third-order valence-electron chi connectivity index (χ3n) is 5.65. The first-order valence-corrected chi connectivity index (χ1v) is 11.5. The fourth-order valence-electron chi connectivity index (χ4n) is 3.83. The van der Waals surface area contributed by atoms with E-state index in [4.69, 9.17) is 5.41 Å². The van der Waals surface area contributed by atoms with Crippen LogP contribution in [0.1, 0.15) is 46.0 Å².